The Hall–Kier alpha value is -5.55. The van der Waals surface area contributed by atoms with Crippen molar-refractivity contribution in [3.05, 3.63) is 171 Å². The van der Waals surface area contributed by atoms with E-state index in [1.807, 2.05) is 36.5 Å². The predicted molar refractivity (Wildman–Crippen MR) is 241 cm³/mol. The monoisotopic (exact) mass is 764 g/mol. The Balaban J connectivity index is 1.03. The number of allylic oxidation sites excluding steroid dienone is 11. The smallest absolute Gasteiger partial charge is 0.133 e. The second kappa shape index (κ2) is 16.0. The maximum Gasteiger partial charge on any atom is 0.133 e. The molecule has 10 rings (SSSR count). The number of nitrogens with zero attached hydrogens (tertiary/aromatic N) is 2. The molecule has 1 aliphatic heterocycles. The molecule has 0 saturated heterocycles. The molecule has 3 aromatic rings. The number of aromatic nitrogens is 1. The Labute approximate surface area is 343 Å². The second-order valence-electron chi connectivity index (χ2n) is 17.2. The molecule has 3 N–H and O–H groups in total. The minimum Gasteiger partial charge on any atom is -0.488 e. The first-order valence-corrected chi connectivity index (χ1v) is 22.0. The van der Waals surface area contributed by atoms with Crippen LogP contribution in [0.15, 0.2) is 155 Å². The number of fused-ring (bicyclic) bond motifs is 7. The number of amidine groups is 1. The molecule has 1 fully saturated rings. The van der Waals surface area contributed by atoms with Crippen molar-refractivity contribution < 1.29 is 4.74 Å². The average Bonchev–Trinajstić information content (AvgIpc) is 3.85. The summed E-state index contributed by atoms with van der Waals surface area (Å²) in [5.74, 6) is 2.74. The SMILES string of the molecule is C=C(N/C=C(/N=C(\N)c1ccccc1)C1=CC=CCC1)C1=C(C2CC=CC3c4ccc5c(c4O[C@@H]23)c2c(n5C3C=CC=CC3)=CCCC=2)CCC(C2CCCCC2)=C1. The van der Waals surface area contributed by atoms with Crippen LogP contribution in [-0.2, 0) is 0 Å². The van der Waals surface area contributed by atoms with Crippen LogP contribution in [0.4, 0.5) is 0 Å². The van der Waals surface area contributed by atoms with Gasteiger partial charge in [-0.25, -0.2) is 4.99 Å². The molecule has 0 radical (unpaired) electrons. The summed E-state index contributed by atoms with van der Waals surface area (Å²) in [5.41, 5.74) is 17.5. The number of ether oxygens (including phenoxy) is 1. The Kier molecular flexibility index (Phi) is 10.1. The van der Waals surface area contributed by atoms with Crippen LogP contribution >= 0.6 is 0 Å². The van der Waals surface area contributed by atoms with E-state index in [2.05, 4.69) is 94.9 Å². The number of hydrogen-bond acceptors (Lipinski definition) is 3. The van der Waals surface area contributed by atoms with Gasteiger partial charge in [0, 0.05) is 50.8 Å². The largest absolute Gasteiger partial charge is 0.488 e. The number of aliphatic imine (C=N–C) groups is 1. The van der Waals surface area contributed by atoms with Crippen LogP contribution in [-0.4, -0.2) is 16.5 Å². The minimum absolute atomic E-state index is 0.0395. The zero-order chi connectivity index (χ0) is 39.0. The molecule has 6 aliphatic carbocycles. The molecular weight excluding hydrogens is 709 g/mol. The quantitative estimate of drug-likeness (QED) is 0.130. The molecule has 0 amide bonds. The van der Waals surface area contributed by atoms with Crippen molar-refractivity contribution >= 4 is 28.9 Å². The highest BCUT2D eigenvalue weighted by Gasteiger charge is 2.44. The van der Waals surface area contributed by atoms with Gasteiger partial charge in [0.05, 0.1) is 17.3 Å². The van der Waals surface area contributed by atoms with E-state index in [9.17, 15) is 0 Å². The molecular formula is C53H56N4O. The van der Waals surface area contributed by atoms with Crippen LogP contribution in [0.5, 0.6) is 5.75 Å². The van der Waals surface area contributed by atoms with Crippen molar-refractivity contribution in [1.82, 2.24) is 9.88 Å². The summed E-state index contributed by atoms with van der Waals surface area (Å²) in [5, 5.41) is 7.72. The lowest BCUT2D eigenvalue weighted by atomic mass is 9.71. The van der Waals surface area contributed by atoms with Crippen molar-refractivity contribution in [2.45, 2.75) is 102 Å². The van der Waals surface area contributed by atoms with Crippen LogP contribution in [0.25, 0.3) is 23.1 Å². The molecule has 5 heteroatoms. The molecule has 0 bridgehead atoms. The Morgan fingerprint density at radius 3 is 2.59 bits per heavy atom. The van der Waals surface area contributed by atoms with Gasteiger partial charge in [0.25, 0.3) is 0 Å². The third-order valence-electron chi connectivity index (χ3n) is 13.8. The van der Waals surface area contributed by atoms with Gasteiger partial charge in [-0.15, -0.1) is 0 Å². The average molecular weight is 765 g/mol. The highest BCUT2D eigenvalue weighted by Crippen LogP contribution is 2.51. The highest BCUT2D eigenvalue weighted by atomic mass is 16.5. The number of benzene rings is 2. The van der Waals surface area contributed by atoms with E-state index in [-0.39, 0.29) is 17.9 Å². The van der Waals surface area contributed by atoms with E-state index in [4.69, 9.17) is 22.0 Å². The lowest BCUT2D eigenvalue weighted by Gasteiger charge is -2.36. The van der Waals surface area contributed by atoms with Crippen LogP contribution in [0.1, 0.15) is 107 Å². The van der Waals surface area contributed by atoms with Gasteiger partial charge in [0.1, 0.15) is 17.7 Å². The first-order valence-electron chi connectivity index (χ1n) is 22.0. The zero-order valence-electron chi connectivity index (χ0n) is 33.7. The fraction of sp³-hybridized carbons (Fsp3) is 0.340. The summed E-state index contributed by atoms with van der Waals surface area (Å²) in [4.78, 5) is 5.01. The minimum atomic E-state index is 0.0395. The van der Waals surface area contributed by atoms with Gasteiger partial charge >= 0.3 is 0 Å². The third kappa shape index (κ3) is 6.82. The fourth-order valence-corrected chi connectivity index (χ4v) is 10.9. The summed E-state index contributed by atoms with van der Waals surface area (Å²) in [6.45, 7) is 4.77. The first kappa shape index (κ1) is 36.8. The van der Waals surface area contributed by atoms with Gasteiger partial charge in [-0.2, -0.15) is 0 Å². The molecule has 5 nitrogen and oxygen atoms in total. The first-order chi connectivity index (χ1) is 28.6. The summed E-state index contributed by atoms with van der Waals surface area (Å²) >= 11 is 0. The highest BCUT2D eigenvalue weighted by molar-refractivity contribution is 5.98. The number of rotatable bonds is 9. The number of hydrogen-bond donors (Lipinski definition) is 2. The summed E-state index contributed by atoms with van der Waals surface area (Å²) in [6, 6.07) is 15.1. The summed E-state index contributed by atoms with van der Waals surface area (Å²) in [6.07, 6.45) is 44.7. The summed E-state index contributed by atoms with van der Waals surface area (Å²) in [7, 11) is 0. The molecule has 2 heterocycles. The Morgan fingerprint density at radius 1 is 0.879 bits per heavy atom. The second-order valence-corrected chi connectivity index (χ2v) is 17.2. The molecule has 2 aromatic carbocycles. The van der Waals surface area contributed by atoms with E-state index in [1.54, 1.807) is 5.57 Å². The van der Waals surface area contributed by atoms with Crippen LogP contribution in [0.2, 0.25) is 0 Å². The van der Waals surface area contributed by atoms with Gasteiger partial charge in [0.15, 0.2) is 0 Å². The zero-order valence-corrected chi connectivity index (χ0v) is 33.7. The molecule has 294 valence electrons. The lowest BCUT2D eigenvalue weighted by molar-refractivity contribution is 0.158. The van der Waals surface area contributed by atoms with Gasteiger partial charge in [-0.1, -0.05) is 146 Å². The van der Waals surface area contributed by atoms with Crippen molar-refractivity contribution in [3.8, 4) is 5.75 Å². The standard InChI is InChI=1S/C53H56N4O/c1-35(55-34-47(37-19-8-3-9-20-37)56-53(54)38-21-10-4-11-22-38)46-33-39(36-17-6-2-7-18-36)29-30-41(46)42-26-16-27-43-44-31-32-49-50(52(44)58-51(42)43)45-25-14-15-28-48(45)57(49)40-23-12-5-13-24-40/h3-5,8,10-13,16,19,21-23,25,27-28,31-34,36,40,42-43,51,55H,1-2,6-7,9,14-15,17-18,20,24,26,29-30H2,(H2,54,56)/b47-34+/t40?,42?,43?,51-/m0/s1. The summed E-state index contributed by atoms with van der Waals surface area (Å²) < 4.78 is 9.98. The Bertz CT molecular complexity index is 2540. The van der Waals surface area contributed by atoms with Crippen molar-refractivity contribution in [3.63, 3.8) is 0 Å². The normalized spacial score (nSPS) is 25.6. The van der Waals surface area contributed by atoms with Gasteiger partial charge < -0.3 is 20.4 Å². The molecule has 58 heavy (non-hydrogen) atoms. The van der Waals surface area contributed by atoms with Crippen molar-refractivity contribution in [1.29, 1.82) is 0 Å². The molecule has 3 unspecified atom stereocenters. The molecule has 4 atom stereocenters. The fourth-order valence-electron chi connectivity index (χ4n) is 10.9. The van der Waals surface area contributed by atoms with Crippen LogP contribution in [0.3, 0.4) is 0 Å². The molecule has 1 saturated carbocycles. The van der Waals surface area contributed by atoms with E-state index in [1.165, 1.54) is 75.9 Å². The number of nitrogens with one attached hydrogen (secondary N) is 1. The maximum atomic E-state index is 7.40. The Morgan fingerprint density at radius 2 is 1.76 bits per heavy atom. The molecule has 0 spiro atoms. The van der Waals surface area contributed by atoms with Crippen molar-refractivity contribution in [2.75, 3.05) is 0 Å². The number of nitrogens with two attached hydrogens (primary N) is 1. The van der Waals surface area contributed by atoms with Gasteiger partial charge in [-0.3, -0.25) is 0 Å². The van der Waals surface area contributed by atoms with Crippen molar-refractivity contribution in [2.24, 2.45) is 22.6 Å². The van der Waals surface area contributed by atoms with Gasteiger partial charge in [-0.05, 0) is 87.3 Å². The lowest BCUT2D eigenvalue weighted by Crippen LogP contribution is -2.34. The van der Waals surface area contributed by atoms with E-state index >= 15 is 0 Å². The molecule has 7 aliphatic rings. The maximum absolute atomic E-state index is 7.40. The van der Waals surface area contributed by atoms with Gasteiger partial charge in [0.2, 0.25) is 0 Å². The van der Waals surface area contributed by atoms with Crippen LogP contribution < -0.4 is 26.4 Å². The molecule has 1 aromatic heterocycles. The van der Waals surface area contributed by atoms with E-state index in [0.29, 0.717) is 17.8 Å². The topological polar surface area (TPSA) is 64.6 Å². The van der Waals surface area contributed by atoms with E-state index in [0.717, 1.165) is 74.1 Å². The van der Waals surface area contributed by atoms with Crippen LogP contribution in [0, 0.1) is 11.8 Å². The van der Waals surface area contributed by atoms with E-state index < -0.39 is 0 Å². The third-order valence-corrected chi connectivity index (χ3v) is 13.8. The predicted octanol–water partition coefficient (Wildman–Crippen LogP) is 10.7.